The number of aromatic nitrogens is 4. The van der Waals surface area contributed by atoms with Gasteiger partial charge >= 0.3 is 5.97 Å². The van der Waals surface area contributed by atoms with Gasteiger partial charge in [-0.2, -0.15) is 4.98 Å². The third kappa shape index (κ3) is 5.42. The van der Waals surface area contributed by atoms with Crippen LogP contribution < -0.4 is 4.74 Å². The molecule has 0 aliphatic heterocycles. The summed E-state index contributed by atoms with van der Waals surface area (Å²) in [5.41, 5.74) is 2.21. The molecule has 0 spiro atoms. The lowest BCUT2D eigenvalue weighted by molar-refractivity contribution is 0.0458. The van der Waals surface area contributed by atoms with Crippen molar-refractivity contribution in [1.29, 1.82) is 0 Å². The van der Waals surface area contributed by atoms with Crippen LogP contribution in [0.1, 0.15) is 21.9 Å². The Balaban J connectivity index is 1.26. The van der Waals surface area contributed by atoms with Crippen LogP contribution in [0.4, 0.5) is 4.39 Å². The first-order chi connectivity index (χ1) is 17.2. The number of halogens is 1. The van der Waals surface area contributed by atoms with Crippen molar-refractivity contribution in [1.82, 2.24) is 19.7 Å². The van der Waals surface area contributed by atoms with Gasteiger partial charge in [0, 0.05) is 6.20 Å². The van der Waals surface area contributed by atoms with Crippen LogP contribution in [0.2, 0.25) is 0 Å². The molecule has 3 heterocycles. The average molecular weight is 487 g/mol. The van der Waals surface area contributed by atoms with Crippen molar-refractivity contribution < 1.29 is 18.7 Å². The van der Waals surface area contributed by atoms with Crippen LogP contribution in [0.5, 0.6) is 5.75 Å². The smallest absolute Gasteiger partial charge is 0.378 e. The number of hydrogen-bond donors (Lipinski definition) is 0. The van der Waals surface area contributed by atoms with E-state index in [0.29, 0.717) is 23.9 Å². The molecule has 0 bridgehead atoms. The molecular formula is C26H19FN4O3S. The van der Waals surface area contributed by atoms with E-state index in [0.717, 1.165) is 16.1 Å². The van der Waals surface area contributed by atoms with E-state index in [2.05, 4.69) is 15.1 Å². The molecule has 0 radical (unpaired) electrons. The molecule has 5 aromatic rings. The van der Waals surface area contributed by atoms with E-state index >= 15 is 0 Å². The molecule has 0 amide bonds. The minimum absolute atomic E-state index is 0.0543. The fourth-order valence-corrected chi connectivity index (χ4v) is 3.96. The molecule has 7 nitrogen and oxygen atoms in total. The Morgan fingerprint density at radius 1 is 0.943 bits per heavy atom. The minimum atomic E-state index is -0.654. The van der Waals surface area contributed by atoms with E-state index < -0.39 is 5.97 Å². The Morgan fingerprint density at radius 3 is 2.49 bits per heavy atom. The Hall–Kier alpha value is -4.37. The SMILES string of the molecule is O=C(OCc1ccc(OCc2ccccn2)cc1)c1nc(-c2cccs2)n(-c2ccc(F)cc2)n1. The molecule has 0 N–H and O–H groups in total. The van der Waals surface area contributed by atoms with Crippen LogP contribution in [-0.4, -0.2) is 25.7 Å². The number of ether oxygens (including phenoxy) is 2. The summed E-state index contributed by atoms with van der Waals surface area (Å²) in [4.78, 5) is 22.2. The summed E-state index contributed by atoms with van der Waals surface area (Å²) in [5.74, 6) is 0.0745. The van der Waals surface area contributed by atoms with Gasteiger partial charge in [0.1, 0.15) is 24.8 Å². The number of carbonyl (C=O) groups is 1. The summed E-state index contributed by atoms with van der Waals surface area (Å²) in [6.45, 7) is 0.420. The molecule has 5 rings (SSSR count). The quantitative estimate of drug-likeness (QED) is 0.271. The first-order valence-electron chi connectivity index (χ1n) is 10.7. The fourth-order valence-electron chi connectivity index (χ4n) is 3.26. The van der Waals surface area contributed by atoms with Gasteiger partial charge < -0.3 is 9.47 Å². The number of rotatable bonds is 8. The lowest BCUT2D eigenvalue weighted by Gasteiger charge is -2.07. The highest BCUT2D eigenvalue weighted by Crippen LogP contribution is 2.26. The van der Waals surface area contributed by atoms with E-state index in [1.54, 1.807) is 18.3 Å². The Morgan fingerprint density at radius 2 is 1.77 bits per heavy atom. The number of pyridine rings is 1. The van der Waals surface area contributed by atoms with Gasteiger partial charge in [0.2, 0.25) is 0 Å². The summed E-state index contributed by atoms with van der Waals surface area (Å²) in [5, 5.41) is 6.24. The van der Waals surface area contributed by atoms with Crippen LogP contribution in [0.3, 0.4) is 0 Å². The van der Waals surface area contributed by atoms with Crippen LogP contribution in [-0.2, 0) is 18.0 Å². The highest BCUT2D eigenvalue weighted by atomic mass is 32.1. The maximum atomic E-state index is 13.4. The monoisotopic (exact) mass is 486 g/mol. The highest BCUT2D eigenvalue weighted by Gasteiger charge is 2.20. The molecule has 35 heavy (non-hydrogen) atoms. The molecule has 0 fully saturated rings. The number of carbonyl (C=O) groups excluding carboxylic acids is 1. The predicted molar refractivity (Wildman–Crippen MR) is 129 cm³/mol. The van der Waals surface area contributed by atoms with E-state index in [9.17, 15) is 9.18 Å². The van der Waals surface area contributed by atoms with E-state index in [4.69, 9.17) is 9.47 Å². The van der Waals surface area contributed by atoms with Crippen molar-refractivity contribution in [3.05, 3.63) is 113 Å². The normalized spacial score (nSPS) is 10.8. The molecule has 9 heteroatoms. The second-order valence-corrected chi connectivity index (χ2v) is 8.40. The van der Waals surface area contributed by atoms with Crippen LogP contribution >= 0.6 is 11.3 Å². The van der Waals surface area contributed by atoms with Crippen molar-refractivity contribution >= 4 is 17.3 Å². The van der Waals surface area contributed by atoms with E-state index in [-0.39, 0.29) is 18.2 Å². The van der Waals surface area contributed by atoms with E-state index in [1.165, 1.54) is 28.2 Å². The third-order valence-corrected chi connectivity index (χ3v) is 5.87. The molecule has 0 aliphatic rings. The van der Waals surface area contributed by atoms with Gasteiger partial charge in [0.25, 0.3) is 5.82 Å². The first-order valence-corrected chi connectivity index (χ1v) is 11.6. The van der Waals surface area contributed by atoms with Gasteiger partial charge in [-0.15, -0.1) is 16.4 Å². The molecule has 3 aromatic heterocycles. The van der Waals surface area contributed by atoms with Crippen molar-refractivity contribution in [3.63, 3.8) is 0 Å². The third-order valence-electron chi connectivity index (χ3n) is 5.01. The molecule has 0 saturated heterocycles. The number of benzene rings is 2. The second-order valence-electron chi connectivity index (χ2n) is 7.45. The molecule has 0 unspecified atom stereocenters. The molecule has 2 aromatic carbocycles. The van der Waals surface area contributed by atoms with Gasteiger partial charge in [0.05, 0.1) is 16.3 Å². The predicted octanol–water partition coefficient (Wildman–Crippen LogP) is 5.47. The Labute approximate surface area is 204 Å². The van der Waals surface area contributed by atoms with Gasteiger partial charge in [0.15, 0.2) is 5.82 Å². The molecule has 0 aliphatic carbocycles. The van der Waals surface area contributed by atoms with Crippen molar-refractivity contribution in [3.8, 4) is 22.1 Å². The summed E-state index contributed by atoms with van der Waals surface area (Å²) in [6, 6.07) is 22.5. The largest absolute Gasteiger partial charge is 0.487 e. The average Bonchev–Trinajstić information content (AvgIpc) is 3.58. The molecule has 174 valence electrons. The van der Waals surface area contributed by atoms with Gasteiger partial charge in [-0.3, -0.25) is 4.98 Å². The number of hydrogen-bond acceptors (Lipinski definition) is 7. The van der Waals surface area contributed by atoms with Crippen LogP contribution in [0, 0.1) is 5.82 Å². The standard InChI is InChI=1S/C26H19FN4O3S/c27-19-8-10-21(11-9-19)31-25(23-5-3-15-35-23)29-24(30-31)26(32)34-16-18-6-12-22(13-7-18)33-17-20-4-1-2-14-28-20/h1-15H,16-17H2. The number of esters is 1. The maximum Gasteiger partial charge on any atom is 0.378 e. The van der Waals surface area contributed by atoms with Gasteiger partial charge in [-0.05, 0) is 65.5 Å². The van der Waals surface area contributed by atoms with Gasteiger partial charge in [-0.1, -0.05) is 24.3 Å². The van der Waals surface area contributed by atoms with Crippen LogP contribution in [0.15, 0.2) is 90.4 Å². The first kappa shape index (κ1) is 22.4. The lowest BCUT2D eigenvalue weighted by Crippen LogP contribution is -2.08. The molecule has 0 saturated carbocycles. The Kier molecular flexibility index (Phi) is 6.58. The summed E-state index contributed by atoms with van der Waals surface area (Å²) in [7, 11) is 0. The summed E-state index contributed by atoms with van der Waals surface area (Å²) >= 11 is 1.46. The van der Waals surface area contributed by atoms with Crippen molar-refractivity contribution in [2.24, 2.45) is 0 Å². The van der Waals surface area contributed by atoms with Crippen molar-refractivity contribution in [2.75, 3.05) is 0 Å². The summed E-state index contributed by atoms with van der Waals surface area (Å²) < 4.78 is 26.1. The lowest BCUT2D eigenvalue weighted by atomic mass is 10.2. The van der Waals surface area contributed by atoms with E-state index in [1.807, 2.05) is 60.0 Å². The Bertz CT molecular complexity index is 1400. The molecular weight excluding hydrogens is 467 g/mol. The van der Waals surface area contributed by atoms with Crippen molar-refractivity contribution in [2.45, 2.75) is 13.2 Å². The number of nitrogens with zero attached hydrogens (tertiary/aromatic N) is 4. The maximum absolute atomic E-state index is 13.4. The van der Waals surface area contributed by atoms with Crippen LogP contribution in [0.25, 0.3) is 16.4 Å². The molecule has 0 atom stereocenters. The second kappa shape index (κ2) is 10.3. The van der Waals surface area contributed by atoms with Gasteiger partial charge in [-0.25, -0.2) is 13.9 Å². The highest BCUT2D eigenvalue weighted by molar-refractivity contribution is 7.13. The topological polar surface area (TPSA) is 79.1 Å². The summed E-state index contributed by atoms with van der Waals surface area (Å²) in [6.07, 6.45) is 1.72. The zero-order chi connectivity index (χ0) is 24.0. The zero-order valence-electron chi connectivity index (χ0n) is 18.4. The number of thiophene rings is 1. The fraction of sp³-hybridized carbons (Fsp3) is 0.0769. The minimum Gasteiger partial charge on any atom is -0.487 e. The zero-order valence-corrected chi connectivity index (χ0v) is 19.2.